The van der Waals surface area contributed by atoms with E-state index in [2.05, 4.69) is 32.2 Å². The van der Waals surface area contributed by atoms with Crippen LogP contribution in [-0.2, 0) is 11.3 Å². The van der Waals surface area contributed by atoms with Crippen LogP contribution in [0.15, 0.2) is 52.9 Å². The molecule has 3 heterocycles. The Labute approximate surface area is 154 Å². The normalized spacial score (nSPS) is 11.9. The second-order valence-corrected chi connectivity index (χ2v) is 6.83. The molecule has 3 aromatic rings. The van der Waals surface area contributed by atoms with Gasteiger partial charge in [-0.05, 0) is 26.0 Å². The van der Waals surface area contributed by atoms with Crippen molar-refractivity contribution in [3.05, 3.63) is 49.0 Å². The standard InChI is InChI=1S/C17H18N6O2S/c1-4-8-23-15(13-6-5-7-18-10-13)20-21-17(23)26-12(3)16(24)19-14-9-11(2)25-22-14/h4-7,9-10,12H,1,8H2,2-3H3,(H,19,22,24)/t12-/m1/s1. The van der Waals surface area contributed by atoms with Gasteiger partial charge in [0.1, 0.15) is 5.76 Å². The first-order valence-electron chi connectivity index (χ1n) is 7.94. The van der Waals surface area contributed by atoms with Gasteiger partial charge in [-0.3, -0.25) is 14.3 Å². The molecule has 1 N–H and O–H groups in total. The number of nitrogens with zero attached hydrogens (tertiary/aromatic N) is 5. The van der Waals surface area contributed by atoms with E-state index in [0.717, 1.165) is 5.56 Å². The molecule has 0 aliphatic carbocycles. The molecular formula is C17H18N6O2S. The SMILES string of the molecule is C=CCn1c(S[C@H](C)C(=O)Nc2cc(C)on2)nnc1-c1cccnc1. The smallest absolute Gasteiger partial charge is 0.238 e. The zero-order valence-corrected chi connectivity index (χ0v) is 15.2. The van der Waals surface area contributed by atoms with Gasteiger partial charge in [-0.2, -0.15) is 0 Å². The zero-order valence-electron chi connectivity index (χ0n) is 14.4. The van der Waals surface area contributed by atoms with Crippen LogP contribution in [-0.4, -0.2) is 36.1 Å². The summed E-state index contributed by atoms with van der Waals surface area (Å²) in [7, 11) is 0. The lowest BCUT2D eigenvalue weighted by atomic mass is 10.3. The zero-order chi connectivity index (χ0) is 18.5. The largest absolute Gasteiger partial charge is 0.360 e. The Kier molecular flexibility index (Phi) is 5.47. The third kappa shape index (κ3) is 3.99. The number of aryl methyl sites for hydroxylation is 1. The fourth-order valence-electron chi connectivity index (χ4n) is 2.24. The molecule has 1 amide bonds. The minimum absolute atomic E-state index is 0.195. The van der Waals surface area contributed by atoms with E-state index in [0.29, 0.717) is 29.1 Å². The van der Waals surface area contributed by atoms with Crippen LogP contribution in [0.3, 0.4) is 0 Å². The van der Waals surface area contributed by atoms with Crippen molar-refractivity contribution in [3.8, 4) is 11.4 Å². The number of carbonyl (C=O) groups excluding carboxylic acids is 1. The quantitative estimate of drug-likeness (QED) is 0.504. The van der Waals surface area contributed by atoms with Gasteiger partial charge in [-0.25, -0.2) is 0 Å². The van der Waals surface area contributed by atoms with Crippen LogP contribution in [0.25, 0.3) is 11.4 Å². The average molecular weight is 370 g/mol. The lowest BCUT2D eigenvalue weighted by Crippen LogP contribution is -2.23. The lowest BCUT2D eigenvalue weighted by Gasteiger charge is -2.11. The van der Waals surface area contributed by atoms with Crippen LogP contribution in [0, 0.1) is 6.92 Å². The Morgan fingerprint density at radius 2 is 2.35 bits per heavy atom. The highest BCUT2D eigenvalue weighted by Crippen LogP contribution is 2.27. The molecule has 0 bridgehead atoms. The molecule has 3 rings (SSSR count). The molecular weight excluding hydrogens is 352 g/mol. The maximum absolute atomic E-state index is 12.4. The summed E-state index contributed by atoms with van der Waals surface area (Å²) in [5.41, 5.74) is 0.851. The topological polar surface area (TPSA) is 98.7 Å². The number of aromatic nitrogens is 5. The van der Waals surface area contributed by atoms with Crippen LogP contribution in [0.5, 0.6) is 0 Å². The molecule has 0 aromatic carbocycles. The predicted molar refractivity (Wildman–Crippen MR) is 98.6 cm³/mol. The number of allylic oxidation sites excluding steroid dienone is 1. The number of anilines is 1. The van der Waals surface area contributed by atoms with Crippen molar-refractivity contribution in [1.82, 2.24) is 24.9 Å². The van der Waals surface area contributed by atoms with Crippen LogP contribution in [0.4, 0.5) is 5.82 Å². The highest BCUT2D eigenvalue weighted by molar-refractivity contribution is 8.00. The van der Waals surface area contributed by atoms with E-state index in [4.69, 9.17) is 4.52 Å². The molecule has 0 spiro atoms. The van der Waals surface area contributed by atoms with E-state index in [9.17, 15) is 4.79 Å². The third-order valence-corrected chi connectivity index (χ3v) is 4.56. The van der Waals surface area contributed by atoms with Crippen molar-refractivity contribution >= 4 is 23.5 Å². The van der Waals surface area contributed by atoms with Crippen molar-refractivity contribution in [2.45, 2.75) is 30.8 Å². The first-order valence-corrected chi connectivity index (χ1v) is 8.81. The van der Waals surface area contributed by atoms with E-state index in [1.165, 1.54) is 11.8 Å². The summed E-state index contributed by atoms with van der Waals surface area (Å²) < 4.78 is 6.85. The van der Waals surface area contributed by atoms with Crippen molar-refractivity contribution in [3.63, 3.8) is 0 Å². The molecule has 0 aliphatic heterocycles. The molecule has 3 aromatic heterocycles. The molecule has 9 heteroatoms. The molecule has 8 nitrogen and oxygen atoms in total. The van der Waals surface area contributed by atoms with Gasteiger partial charge in [0.2, 0.25) is 5.91 Å². The van der Waals surface area contributed by atoms with Crippen LogP contribution in [0.1, 0.15) is 12.7 Å². The minimum atomic E-state index is -0.401. The summed E-state index contributed by atoms with van der Waals surface area (Å²) >= 11 is 1.31. The van der Waals surface area contributed by atoms with Gasteiger partial charge in [-0.1, -0.05) is 23.0 Å². The van der Waals surface area contributed by atoms with Crippen molar-refractivity contribution in [2.24, 2.45) is 0 Å². The first kappa shape index (κ1) is 17.9. The third-order valence-electron chi connectivity index (χ3n) is 3.48. The molecule has 0 saturated heterocycles. The van der Waals surface area contributed by atoms with Gasteiger partial charge in [0, 0.05) is 30.6 Å². The second kappa shape index (κ2) is 7.96. The highest BCUT2D eigenvalue weighted by Gasteiger charge is 2.21. The fraction of sp³-hybridized carbons (Fsp3) is 0.235. The van der Waals surface area contributed by atoms with Crippen LogP contribution in [0.2, 0.25) is 0 Å². The summed E-state index contributed by atoms with van der Waals surface area (Å²) in [6.07, 6.45) is 5.18. The Balaban J connectivity index is 1.77. The van der Waals surface area contributed by atoms with E-state index >= 15 is 0 Å². The molecule has 1 atom stereocenters. The number of thioether (sulfide) groups is 1. The molecule has 0 saturated carbocycles. The monoisotopic (exact) mass is 370 g/mol. The first-order chi connectivity index (χ1) is 12.6. The molecule has 0 aliphatic rings. The molecule has 0 unspecified atom stereocenters. The van der Waals surface area contributed by atoms with Gasteiger partial charge in [0.25, 0.3) is 0 Å². The van der Waals surface area contributed by atoms with Gasteiger partial charge < -0.3 is 9.84 Å². The van der Waals surface area contributed by atoms with Gasteiger partial charge >= 0.3 is 0 Å². The lowest BCUT2D eigenvalue weighted by molar-refractivity contribution is -0.115. The summed E-state index contributed by atoms with van der Waals surface area (Å²) in [6.45, 7) is 7.87. The fourth-order valence-corrected chi connectivity index (χ4v) is 3.10. The Morgan fingerprint density at radius 1 is 1.50 bits per heavy atom. The molecule has 134 valence electrons. The predicted octanol–water partition coefficient (Wildman–Crippen LogP) is 2.94. The maximum Gasteiger partial charge on any atom is 0.238 e. The molecule has 0 radical (unpaired) electrons. The van der Waals surface area contributed by atoms with Gasteiger partial charge in [0.05, 0.1) is 5.25 Å². The van der Waals surface area contributed by atoms with Gasteiger partial charge in [-0.15, -0.1) is 16.8 Å². The van der Waals surface area contributed by atoms with E-state index < -0.39 is 5.25 Å². The Morgan fingerprint density at radius 3 is 3.00 bits per heavy atom. The summed E-state index contributed by atoms with van der Waals surface area (Å²) in [6, 6.07) is 5.41. The van der Waals surface area contributed by atoms with Crippen LogP contribution < -0.4 is 5.32 Å². The summed E-state index contributed by atoms with van der Waals surface area (Å²) in [5.74, 6) is 1.51. The minimum Gasteiger partial charge on any atom is -0.360 e. The summed E-state index contributed by atoms with van der Waals surface area (Å²) in [5, 5.41) is 15.2. The van der Waals surface area contributed by atoms with E-state index in [-0.39, 0.29) is 5.91 Å². The Bertz CT molecular complexity index is 905. The maximum atomic E-state index is 12.4. The van der Waals surface area contributed by atoms with E-state index in [1.54, 1.807) is 38.4 Å². The number of carbonyl (C=O) groups is 1. The number of hydrogen-bond acceptors (Lipinski definition) is 7. The second-order valence-electron chi connectivity index (χ2n) is 5.52. The number of amides is 1. The van der Waals surface area contributed by atoms with Crippen molar-refractivity contribution < 1.29 is 9.32 Å². The van der Waals surface area contributed by atoms with Crippen molar-refractivity contribution in [1.29, 1.82) is 0 Å². The number of pyridine rings is 1. The number of rotatable bonds is 7. The Hall–Kier alpha value is -2.94. The molecule has 0 fully saturated rings. The number of nitrogens with one attached hydrogen (secondary N) is 1. The van der Waals surface area contributed by atoms with E-state index in [1.807, 2.05) is 16.7 Å². The van der Waals surface area contributed by atoms with Gasteiger partial charge in [0.15, 0.2) is 16.8 Å². The van der Waals surface area contributed by atoms with Crippen LogP contribution >= 0.6 is 11.8 Å². The van der Waals surface area contributed by atoms with Crippen molar-refractivity contribution in [2.75, 3.05) is 5.32 Å². The average Bonchev–Trinajstić information content (AvgIpc) is 3.22. The highest BCUT2D eigenvalue weighted by atomic mass is 32.2. The number of hydrogen-bond donors (Lipinski definition) is 1. The summed E-state index contributed by atoms with van der Waals surface area (Å²) in [4.78, 5) is 16.5. The molecule has 26 heavy (non-hydrogen) atoms.